The minimum atomic E-state index is -0.775. The number of anilines is 1. The second-order valence-corrected chi connectivity index (χ2v) is 3.99. The number of terminal acetylenes is 1. The van der Waals surface area contributed by atoms with E-state index in [1.165, 1.54) is 0 Å². The van der Waals surface area contributed by atoms with Gasteiger partial charge in [-0.2, -0.15) is 0 Å². The van der Waals surface area contributed by atoms with E-state index in [1.807, 2.05) is 0 Å². The number of hydrogen-bond acceptors (Lipinski definition) is 3. The molecule has 0 aliphatic heterocycles. The van der Waals surface area contributed by atoms with Gasteiger partial charge in [-0.15, -0.1) is 12.3 Å². The Morgan fingerprint density at radius 2 is 2.38 bits per heavy atom. The Kier molecular flexibility index (Phi) is 4.35. The predicted octanol–water partition coefficient (Wildman–Crippen LogP) is 1.44. The van der Waals surface area contributed by atoms with Gasteiger partial charge in [0, 0.05) is 6.42 Å². The van der Waals surface area contributed by atoms with Crippen molar-refractivity contribution in [2.24, 2.45) is 5.73 Å². The van der Waals surface area contributed by atoms with Crippen LogP contribution >= 0.6 is 15.9 Å². The van der Waals surface area contributed by atoms with Crippen molar-refractivity contribution in [1.29, 1.82) is 0 Å². The van der Waals surface area contributed by atoms with Crippen LogP contribution in [0.4, 0.5) is 5.69 Å². The summed E-state index contributed by atoms with van der Waals surface area (Å²) in [5.41, 5.74) is 5.81. The highest BCUT2D eigenvalue weighted by Crippen LogP contribution is 2.31. The predicted molar refractivity (Wildman–Crippen MR) is 65.9 cm³/mol. The van der Waals surface area contributed by atoms with E-state index >= 15 is 0 Å². The minimum absolute atomic E-state index is 0.0382. The average Bonchev–Trinajstić information content (AvgIpc) is 2.25. The number of nitrogens with one attached hydrogen (secondary N) is 1. The Hall–Kier alpha value is -1.51. The Balaban J connectivity index is 2.78. The number of benzene rings is 1. The smallest absolute Gasteiger partial charge is 0.242 e. The van der Waals surface area contributed by atoms with Crippen molar-refractivity contribution in [2.75, 3.05) is 5.32 Å². The lowest BCUT2D eigenvalue weighted by Gasteiger charge is -2.11. The molecule has 0 saturated carbocycles. The maximum Gasteiger partial charge on any atom is 0.242 e. The number of carbonyl (C=O) groups excluding carboxylic acids is 1. The number of carbonyl (C=O) groups is 1. The lowest BCUT2D eigenvalue weighted by Crippen LogP contribution is -2.35. The van der Waals surface area contributed by atoms with Crippen molar-refractivity contribution in [1.82, 2.24) is 0 Å². The van der Waals surface area contributed by atoms with Crippen LogP contribution in [0.3, 0.4) is 0 Å². The number of amides is 1. The first-order valence-electron chi connectivity index (χ1n) is 4.53. The van der Waals surface area contributed by atoms with E-state index in [0.717, 1.165) is 0 Å². The highest BCUT2D eigenvalue weighted by Gasteiger charge is 2.14. The molecule has 0 radical (unpaired) electrons. The number of rotatable bonds is 3. The summed E-state index contributed by atoms with van der Waals surface area (Å²) in [5, 5.41) is 12.1. The summed E-state index contributed by atoms with van der Waals surface area (Å²) >= 11 is 3.14. The van der Waals surface area contributed by atoms with Gasteiger partial charge in [0.05, 0.1) is 16.2 Å². The molecule has 0 aromatic heterocycles. The Labute approximate surface area is 102 Å². The molecular weight excluding hydrogens is 272 g/mol. The molecule has 16 heavy (non-hydrogen) atoms. The average molecular weight is 283 g/mol. The van der Waals surface area contributed by atoms with Crippen LogP contribution in [0.25, 0.3) is 0 Å². The van der Waals surface area contributed by atoms with Gasteiger partial charge in [-0.25, -0.2) is 0 Å². The van der Waals surface area contributed by atoms with E-state index < -0.39 is 11.9 Å². The molecule has 0 fully saturated rings. The number of para-hydroxylation sites is 1. The molecule has 0 aliphatic carbocycles. The van der Waals surface area contributed by atoms with E-state index in [0.29, 0.717) is 10.2 Å². The van der Waals surface area contributed by atoms with Gasteiger partial charge in [0.2, 0.25) is 5.91 Å². The van der Waals surface area contributed by atoms with Crippen LogP contribution in [0.1, 0.15) is 6.42 Å². The maximum absolute atomic E-state index is 11.5. The van der Waals surface area contributed by atoms with Crippen molar-refractivity contribution >= 4 is 27.5 Å². The van der Waals surface area contributed by atoms with Crippen LogP contribution < -0.4 is 11.1 Å². The second-order valence-electron chi connectivity index (χ2n) is 3.14. The Morgan fingerprint density at radius 3 is 3.00 bits per heavy atom. The molecule has 1 atom stereocenters. The lowest BCUT2D eigenvalue weighted by molar-refractivity contribution is -0.117. The zero-order valence-corrected chi connectivity index (χ0v) is 9.99. The monoisotopic (exact) mass is 282 g/mol. The van der Waals surface area contributed by atoms with Crippen molar-refractivity contribution in [3.8, 4) is 18.1 Å². The van der Waals surface area contributed by atoms with Gasteiger partial charge in [0.15, 0.2) is 5.75 Å². The molecule has 1 amide bonds. The molecule has 84 valence electrons. The summed E-state index contributed by atoms with van der Waals surface area (Å²) in [6.45, 7) is 0. The van der Waals surface area contributed by atoms with Gasteiger partial charge in [0.1, 0.15) is 0 Å². The van der Waals surface area contributed by atoms with Gasteiger partial charge in [-0.3, -0.25) is 4.79 Å². The van der Waals surface area contributed by atoms with Crippen LogP contribution in [0.15, 0.2) is 22.7 Å². The summed E-state index contributed by atoms with van der Waals surface area (Å²) < 4.78 is 0.496. The molecule has 0 bridgehead atoms. The van der Waals surface area contributed by atoms with E-state index in [2.05, 4.69) is 27.2 Å². The minimum Gasteiger partial charge on any atom is -0.505 e. The number of phenols is 1. The first-order valence-corrected chi connectivity index (χ1v) is 5.33. The van der Waals surface area contributed by atoms with Crippen LogP contribution in [0.5, 0.6) is 5.75 Å². The van der Waals surface area contributed by atoms with Crippen LogP contribution in [-0.2, 0) is 4.79 Å². The molecule has 5 heteroatoms. The fourth-order valence-electron chi connectivity index (χ4n) is 1.06. The van der Waals surface area contributed by atoms with E-state index in [-0.39, 0.29) is 12.2 Å². The van der Waals surface area contributed by atoms with E-state index in [4.69, 9.17) is 12.2 Å². The Morgan fingerprint density at radius 1 is 1.69 bits per heavy atom. The summed E-state index contributed by atoms with van der Waals surface area (Å²) in [7, 11) is 0. The molecule has 4 nitrogen and oxygen atoms in total. The third-order valence-corrected chi connectivity index (χ3v) is 2.56. The van der Waals surface area contributed by atoms with Gasteiger partial charge < -0.3 is 16.2 Å². The lowest BCUT2D eigenvalue weighted by atomic mass is 10.2. The van der Waals surface area contributed by atoms with Crippen LogP contribution in [-0.4, -0.2) is 17.1 Å². The van der Waals surface area contributed by atoms with Gasteiger partial charge in [-0.1, -0.05) is 6.07 Å². The number of halogens is 1. The molecule has 1 aromatic carbocycles. The molecular formula is C11H11BrN2O2. The fourth-order valence-corrected chi connectivity index (χ4v) is 1.43. The van der Waals surface area contributed by atoms with Crippen molar-refractivity contribution in [2.45, 2.75) is 12.5 Å². The van der Waals surface area contributed by atoms with E-state index in [1.54, 1.807) is 18.2 Å². The van der Waals surface area contributed by atoms with Crippen molar-refractivity contribution < 1.29 is 9.90 Å². The summed E-state index contributed by atoms with van der Waals surface area (Å²) in [6.07, 6.45) is 5.20. The summed E-state index contributed by atoms with van der Waals surface area (Å²) in [4.78, 5) is 11.5. The fraction of sp³-hybridized carbons (Fsp3) is 0.182. The number of hydrogen-bond donors (Lipinski definition) is 3. The normalized spacial score (nSPS) is 11.6. The SMILES string of the molecule is C#CCC(N)C(=O)Nc1cccc(Br)c1O. The molecule has 1 aromatic rings. The standard InChI is InChI=1S/C11H11BrN2O2/c1-2-4-8(13)11(16)14-9-6-3-5-7(12)10(9)15/h1,3,5-6,8,15H,4,13H2,(H,14,16). The van der Waals surface area contributed by atoms with Crippen molar-refractivity contribution in [3.05, 3.63) is 22.7 Å². The van der Waals surface area contributed by atoms with Crippen LogP contribution in [0, 0.1) is 12.3 Å². The van der Waals surface area contributed by atoms with Gasteiger partial charge >= 0.3 is 0 Å². The molecule has 1 rings (SSSR count). The maximum atomic E-state index is 11.5. The first kappa shape index (κ1) is 12.6. The summed E-state index contributed by atoms with van der Waals surface area (Å²) in [6, 6.07) is 4.14. The number of phenolic OH excluding ortho intramolecular Hbond substituents is 1. The van der Waals surface area contributed by atoms with Crippen molar-refractivity contribution in [3.63, 3.8) is 0 Å². The quantitative estimate of drug-likeness (QED) is 0.580. The molecule has 4 N–H and O–H groups in total. The third kappa shape index (κ3) is 2.99. The highest BCUT2D eigenvalue weighted by atomic mass is 79.9. The Bertz CT molecular complexity index is 440. The molecule has 0 heterocycles. The summed E-state index contributed by atoms with van der Waals surface area (Å²) in [5.74, 6) is 1.84. The number of aromatic hydroxyl groups is 1. The number of nitrogens with two attached hydrogens (primary N) is 1. The first-order chi connectivity index (χ1) is 7.56. The molecule has 1 unspecified atom stereocenters. The zero-order valence-electron chi connectivity index (χ0n) is 8.40. The topological polar surface area (TPSA) is 75.4 Å². The second kappa shape index (κ2) is 5.54. The highest BCUT2D eigenvalue weighted by molar-refractivity contribution is 9.10. The van der Waals surface area contributed by atoms with E-state index in [9.17, 15) is 9.90 Å². The zero-order chi connectivity index (χ0) is 12.1. The third-order valence-electron chi connectivity index (χ3n) is 1.92. The van der Waals surface area contributed by atoms with Gasteiger partial charge in [0.25, 0.3) is 0 Å². The largest absolute Gasteiger partial charge is 0.505 e. The van der Waals surface area contributed by atoms with Gasteiger partial charge in [-0.05, 0) is 28.1 Å². The molecule has 0 saturated heterocycles. The van der Waals surface area contributed by atoms with Crippen LogP contribution in [0.2, 0.25) is 0 Å². The molecule has 0 spiro atoms. The molecule has 0 aliphatic rings.